The minimum absolute atomic E-state index is 0.147. The minimum Gasteiger partial charge on any atom is -0.508 e. The zero-order valence-electron chi connectivity index (χ0n) is 9.77. The summed E-state index contributed by atoms with van der Waals surface area (Å²) < 4.78 is 12.7. The summed E-state index contributed by atoms with van der Waals surface area (Å²) in [6, 6.07) is 10.1. The number of hydrogen-bond donors (Lipinski definition) is 2. The van der Waals surface area contributed by atoms with Crippen LogP contribution in [0.1, 0.15) is 15.9 Å². The molecule has 4 heteroatoms. The van der Waals surface area contributed by atoms with Gasteiger partial charge in [0, 0.05) is 11.3 Å². The van der Waals surface area contributed by atoms with E-state index in [0.717, 1.165) is 0 Å². The molecule has 0 bridgehead atoms. The van der Waals surface area contributed by atoms with E-state index < -0.39 is 0 Å². The van der Waals surface area contributed by atoms with Crippen molar-refractivity contribution in [1.82, 2.24) is 0 Å². The lowest BCUT2D eigenvalue weighted by Crippen LogP contribution is -2.11. The summed E-state index contributed by atoms with van der Waals surface area (Å²) >= 11 is 0. The molecule has 1 amide bonds. The normalized spacial score (nSPS) is 10.1. The molecule has 0 unspecified atom stereocenters. The lowest BCUT2D eigenvalue weighted by atomic mass is 10.1. The number of aromatic hydroxyl groups is 1. The van der Waals surface area contributed by atoms with E-state index >= 15 is 0 Å². The van der Waals surface area contributed by atoms with E-state index in [-0.39, 0.29) is 17.5 Å². The zero-order valence-corrected chi connectivity index (χ0v) is 9.77. The maximum atomic E-state index is 12.7. The summed E-state index contributed by atoms with van der Waals surface area (Å²) in [7, 11) is 0. The maximum absolute atomic E-state index is 12.7. The number of benzene rings is 2. The van der Waals surface area contributed by atoms with Crippen molar-refractivity contribution in [2.45, 2.75) is 6.92 Å². The van der Waals surface area contributed by atoms with Gasteiger partial charge < -0.3 is 10.4 Å². The molecule has 0 aliphatic rings. The Bertz CT molecular complexity index is 579. The van der Waals surface area contributed by atoms with Crippen molar-refractivity contribution >= 4 is 11.6 Å². The smallest absolute Gasteiger partial charge is 0.255 e. The van der Waals surface area contributed by atoms with Crippen LogP contribution in [-0.4, -0.2) is 11.0 Å². The maximum Gasteiger partial charge on any atom is 0.255 e. The Hall–Kier alpha value is -2.36. The third-order valence-electron chi connectivity index (χ3n) is 2.56. The van der Waals surface area contributed by atoms with Crippen molar-refractivity contribution in [1.29, 1.82) is 0 Å². The molecule has 0 atom stereocenters. The van der Waals surface area contributed by atoms with E-state index in [9.17, 15) is 14.3 Å². The van der Waals surface area contributed by atoms with Crippen molar-refractivity contribution in [2.75, 3.05) is 5.32 Å². The minimum atomic E-state index is -0.353. The number of phenolic OH excluding ortho intramolecular Hbond substituents is 1. The van der Waals surface area contributed by atoms with Gasteiger partial charge in [-0.2, -0.15) is 0 Å². The predicted octanol–water partition coefficient (Wildman–Crippen LogP) is 3.09. The van der Waals surface area contributed by atoms with Crippen molar-refractivity contribution in [3.8, 4) is 5.75 Å². The molecular formula is C14H12FNO2. The van der Waals surface area contributed by atoms with E-state index in [2.05, 4.69) is 5.32 Å². The van der Waals surface area contributed by atoms with Crippen LogP contribution in [0.4, 0.5) is 10.1 Å². The summed E-state index contributed by atoms with van der Waals surface area (Å²) in [6.45, 7) is 1.71. The number of rotatable bonds is 2. The molecule has 0 fully saturated rings. The van der Waals surface area contributed by atoms with Crippen LogP contribution >= 0.6 is 0 Å². The SMILES string of the molecule is Cc1cc(C(=O)Nc2ccc(F)cc2)ccc1O. The number of nitrogens with one attached hydrogen (secondary N) is 1. The van der Waals surface area contributed by atoms with Gasteiger partial charge in [0.2, 0.25) is 0 Å². The number of aryl methyl sites for hydroxylation is 1. The summed E-state index contributed by atoms with van der Waals surface area (Å²) in [5.74, 6) is -0.508. The summed E-state index contributed by atoms with van der Waals surface area (Å²) in [5, 5.41) is 12.0. The summed E-state index contributed by atoms with van der Waals surface area (Å²) in [4.78, 5) is 11.9. The van der Waals surface area contributed by atoms with Gasteiger partial charge in [0.25, 0.3) is 5.91 Å². The van der Waals surface area contributed by atoms with Crippen molar-refractivity contribution in [2.24, 2.45) is 0 Å². The molecule has 0 radical (unpaired) electrons. The summed E-state index contributed by atoms with van der Waals surface area (Å²) in [6.07, 6.45) is 0. The number of phenols is 1. The van der Waals surface area contributed by atoms with Crippen LogP contribution in [0.25, 0.3) is 0 Å². The van der Waals surface area contributed by atoms with Gasteiger partial charge in [-0.1, -0.05) is 0 Å². The van der Waals surface area contributed by atoms with Gasteiger partial charge >= 0.3 is 0 Å². The highest BCUT2D eigenvalue weighted by atomic mass is 19.1. The fraction of sp³-hybridized carbons (Fsp3) is 0.0714. The Morgan fingerprint density at radius 3 is 2.44 bits per heavy atom. The van der Waals surface area contributed by atoms with Crippen LogP contribution in [0.15, 0.2) is 42.5 Å². The van der Waals surface area contributed by atoms with E-state index in [4.69, 9.17) is 0 Å². The quantitative estimate of drug-likeness (QED) is 0.854. The second kappa shape index (κ2) is 4.87. The first-order valence-corrected chi connectivity index (χ1v) is 5.43. The third-order valence-corrected chi connectivity index (χ3v) is 2.56. The molecule has 0 aromatic heterocycles. The van der Waals surface area contributed by atoms with Gasteiger partial charge in [-0.15, -0.1) is 0 Å². The standard InChI is InChI=1S/C14H12FNO2/c1-9-8-10(2-7-13(9)17)14(18)16-12-5-3-11(15)4-6-12/h2-8,17H,1H3,(H,16,18). The molecule has 0 aliphatic carbocycles. The molecule has 3 nitrogen and oxygen atoms in total. The molecule has 2 rings (SSSR count). The molecule has 2 aromatic rings. The van der Waals surface area contributed by atoms with Crippen LogP contribution in [0.2, 0.25) is 0 Å². The molecular weight excluding hydrogens is 233 g/mol. The molecule has 2 N–H and O–H groups in total. The summed E-state index contributed by atoms with van der Waals surface area (Å²) in [5.41, 5.74) is 1.59. The molecule has 0 spiro atoms. The first-order valence-electron chi connectivity index (χ1n) is 5.43. The Morgan fingerprint density at radius 1 is 1.17 bits per heavy atom. The van der Waals surface area contributed by atoms with E-state index in [1.807, 2.05) is 0 Å². The third kappa shape index (κ3) is 2.66. The second-order valence-electron chi connectivity index (χ2n) is 3.96. The van der Waals surface area contributed by atoms with E-state index in [0.29, 0.717) is 16.8 Å². The Kier molecular flexibility index (Phi) is 3.28. The van der Waals surface area contributed by atoms with Crippen LogP contribution in [0.3, 0.4) is 0 Å². The fourth-order valence-electron chi connectivity index (χ4n) is 1.53. The van der Waals surface area contributed by atoms with E-state index in [1.165, 1.54) is 36.4 Å². The van der Waals surface area contributed by atoms with Gasteiger partial charge in [-0.05, 0) is 55.0 Å². The van der Waals surface area contributed by atoms with Gasteiger partial charge in [-0.25, -0.2) is 4.39 Å². The Morgan fingerprint density at radius 2 is 1.83 bits per heavy atom. The van der Waals surface area contributed by atoms with Crippen LogP contribution in [0.5, 0.6) is 5.75 Å². The van der Waals surface area contributed by atoms with Gasteiger partial charge in [0.05, 0.1) is 0 Å². The van der Waals surface area contributed by atoms with Gasteiger partial charge in [0.1, 0.15) is 11.6 Å². The highest BCUT2D eigenvalue weighted by Crippen LogP contribution is 2.18. The topological polar surface area (TPSA) is 49.3 Å². The monoisotopic (exact) mass is 245 g/mol. The largest absolute Gasteiger partial charge is 0.508 e. The van der Waals surface area contributed by atoms with Crippen LogP contribution < -0.4 is 5.32 Å². The van der Waals surface area contributed by atoms with E-state index in [1.54, 1.807) is 13.0 Å². The van der Waals surface area contributed by atoms with Crippen LogP contribution in [-0.2, 0) is 0 Å². The molecule has 18 heavy (non-hydrogen) atoms. The van der Waals surface area contributed by atoms with Crippen molar-refractivity contribution in [3.05, 3.63) is 59.4 Å². The molecule has 0 heterocycles. The van der Waals surface area contributed by atoms with Gasteiger partial charge in [-0.3, -0.25) is 4.79 Å². The molecule has 0 aliphatic heterocycles. The lowest BCUT2D eigenvalue weighted by Gasteiger charge is -2.06. The number of carbonyl (C=O) groups is 1. The first kappa shape index (κ1) is 12.1. The lowest BCUT2D eigenvalue weighted by molar-refractivity contribution is 0.102. The molecule has 0 saturated carbocycles. The number of halogens is 1. The molecule has 2 aromatic carbocycles. The predicted molar refractivity (Wildman–Crippen MR) is 67.2 cm³/mol. The number of anilines is 1. The average Bonchev–Trinajstić information content (AvgIpc) is 2.35. The number of carbonyl (C=O) groups excluding carboxylic acids is 1. The van der Waals surface area contributed by atoms with Crippen molar-refractivity contribution < 1.29 is 14.3 Å². The highest BCUT2D eigenvalue weighted by Gasteiger charge is 2.07. The Balaban J connectivity index is 2.16. The number of amides is 1. The average molecular weight is 245 g/mol. The first-order chi connectivity index (χ1) is 8.56. The highest BCUT2D eigenvalue weighted by molar-refractivity contribution is 6.04. The van der Waals surface area contributed by atoms with Crippen LogP contribution in [0, 0.1) is 12.7 Å². The molecule has 0 saturated heterocycles. The van der Waals surface area contributed by atoms with Crippen molar-refractivity contribution in [3.63, 3.8) is 0 Å². The Labute approximate surface area is 104 Å². The number of hydrogen-bond acceptors (Lipinski definition) is 2. The molecule has 92 valence electrons. The zero-order chi connectivity index (χ0) is 13.1. The van der Waals surface area contributed by atoms with Gasteiger partial charge in [0.15, 0.2) is 0 Å². The fourth-order valence-corrected chi connectivity index (χ4v) is 1.53. The second-order valence-corrected chi connectivity index (χ2v) is 3.96.